The molecule has 0 aromatic rings. The number of hydrogen-bond acceptors (Lipinski definition) is 3. The van der Waals surface area contributed by atoms with Crippen molar-refractivity contribution in [2.75, 3.05) is 20.2 Å². The number of aliphatic hydroxyl groups excluding tert-OH is 1. The Balaban J connectivity index is 2.07. The molecule has 0 amide bonds. The van der Waals surface area contributed by atoms with Crippen LogP contribution in [0.3, 0.4) is 0 Å². The summed E-state index contributed by atoms with van der Waals surface area (Å²) in [5.74, 6) is 0. The van der Waals surface area contributed by atoms with Crippen molar-refractivity contribution < 1.29 is 13.5 Å². The summed E-state index contributed by atoms with van der Waals surface area (Å²) in [6.45, 7) is 0.493. The highest BCUT2D eigenvalue weighted by molar-refractivity contribution is 7.86. The summed E-state index contributed by atoms with van der Waals surface area (Å²) in [4.78, 5) is 0. The second-order valence-electron chi connectivity index (χ2n) is 6.09. The van der Waals surface area contributed by atoms with Crippen molar-refractivity contribution in [3.63, 3.8) is 0 Å². The van der Waals surface area contributed by atoms with Crippen LogP contribution in [-0.2, 0) is 10.2 Å². The first-order valence-electron chi connectivity index (χ1n) is 7.93. The highest BCUT2D eigenvalue weighted by Gasteiger charge is 2.38. The zero-order valence-corrected chi connectivity index (χ0v) is 13.3. The lowest BCUT2D eigenvalue weighted by Crippen LogP contribution is -2.53. The molecule has 0 spiro atoms. The number of rotatable bonds is 7. The largest absolute Gasteiger partial charge is 0.396 e. The molecule has 0 bridgehead atoms. The van der Waals surface area contributed by atoms with E-state index >= 15 is 0 Å². The summed E-state index contributed by atoms with van der Waals surface area (Å²) in [5, 5.41) is 9.01. The number of nitrogens with zero attached hydrogens (tertiary/aromatic N) is 2. The van der Waals surface area contributed by atoms with Gasteiger partial charge in [0.1, 0.15) is 0 Å². The van der Waals surface area contributed by atoms with Gasteiger partial charge in [-0.05, 0) is 32.1 Å². The smallest absolute Gasteiger partial charge is 0.282 e. The molecule has 0 unspecified atom stereocenters. The third-order valence-electron chi connectivity index (χ3n) is 4.77. The lowest BCUT2D eigenvalue weighted by molar-refractivity contribution is 0.179. The second-order valence-corrected chi connectivity index (χ2v) is 8.03. The van der Waals surface area contributed by atoms with Gasteiger partial charge in [0, 0.05) is 32.3 Å². The quantitative estimate of drug-likeness (QED) is 0.779. The maximum atomic E-state index is 12.8. The van der Waals surface area contributed by atoms with Crippen molar-refractivity contribution in [3.05, 3.63) is 0 Å². The Hall–Kier alpha value is -0.170. The lowest BCUT2D eigenvalue weighted by atomic mass is 9.93. The average Bonchev–Trinajstić information content (AvgIpc) is 2.41. The summed E-state index contributed by atoms with van der Waals surface area (Å²) in [7, 11) is -1.65. The Morgan fingerprint density at radius 3 is 2.10 bits per heavy atom. The van der Waals surface area contributed by atoms with E-state index in [1.165, 1.54) is 6.42 Å². The highest BCUT2D eigenvalue weighted by Crippen LogP contribution is 2.31. The molecule has 2 aliphatic carbocycles. The summed E-state index contributed by atoms with van der Waals surface area (Å²) in [6.07, 6.45) is 9.00. The van der Waals surface area contributed by atoms with Crippen LogP contribution in [-0.4, -0.2) is 54.4 Å². The first-order chi connectivity index (χ1) is 9.57. The monoisotopic (exact) mass is 304 g/mol. The minimum atomic E-state index is -3.38. The van der Waals surface area contributed by atoms with Gasteiger partial charge >= 0.3 is 0 Å². The molecule has 118 valence electrons. The molecule has 2 fully saturated rings. The Labute approximate surface area is 123 Å². The van der Waals surface area contributed by atoms with Crippen molar-refractivity contribution in [2.24, 2.45) is 0 Å². The van der Waals surface area contributed by atoms with E-state index in [0.29, 0.717) is 13.0 Å². The van der Waals surface area contributed by atoms with E-state index in [1.807, 2.05) is 0 Å². The van der Waals surface area contributed by atoms with Gasteiger partial charge < -0.3 is 5.11 Å². The molecule has 0 aromatic carbocycles. The molecule has 2 saturated carbocycles. The zero-order chi connectivity index (χ0) is 14.6. The first-order valence-corrected chi connectivity index (χ1v) is 9.32. The van der Waals surface area contributed by atoms with E-state index in [4.69, 9.17) is 5.11 Å². The Morgan fingerprint density at radius 1 is 1.00 bits per heavy atom. The fourth-order valence-electron chi connectivity index (χ4n) is 3.19. The van der Waals surface area contributed by atoms with Crippen molar-refractivity contribution in [1.82, 2.24) is 8.61 Å². The van der Waals surface area contributed by atoms with Crippen molar-refractivity contribution in [2.45, 2.75) is 69.9 Å². The molecule has 20 heavy (non-hydrogen) atoms. The summed E-state index contributed by atoms with van der Waals surface area (Å²) >= 11 is 0. The fourth-order valence-corrected chi connectivity index (χ4v) is 5.05. The molecule has 0 aromatic heterocycles. The van der Waals surface area contributed by atoms with Crippen molar-refractivity contribution >= 4 is 10.2 Å². The third-order valence-corrected chi connectivity index (χ3v) is 6.87. The normalized spacial score (nSPS) is 22.4. The number of hydrogen-bond donors (Lipinski definition) is 1. The van der Waals surface area contributed by atoms with Crippen LogP contribution >= 0.6 is 0 Å². The van der Waals surface area contributed by atoms with Gasteiger partial charge in [-0.15, -0.1) is 0 Å². The van der Waals surface area contributed by atoms with Gasteiger partial charge in [0.15, 0.2) is 0 Å². The molecule has 2 aliphatic rings. The van der Waals surface area contributed by atoms with Crippen LogP contribution in [0.4, 0.5) is 0 Å². The van der Waals surface area contributed by atoms with E-state index in [1.54, 1.807) is 15.7 Å². The van der Waals surface area contributed by atoms with Crippen LogP contribution in [0.25, 0.3) is 0 Å². The van der Waals surface area contributed by atoms with E-state index in [2.05, 4.69) is 0 Å². The Morgan fingerprint density at radius 2 is 1.60 bits per heavy atom. The van der Waals surface area contributed by atoms with E-state index < -0.39 is 10.2 Å². The van der Waals surface area contributed by atoms with Crippen LogP contribution < -0.4 is 0 Å². The lowest BCUT2D eigenvalue weighted by Gasteiger charge is -2.41. The van der Waals surface area contributed by atoms with Gasteiger partial charge in [-0.25, -0.2) is 0 Å². The van der Waals surface area contributed by atoms with Gasteiger partial charge in [0.2, 0.25) is 0 Å². The first kappa shape index (κ1) is 16.2. The van der Waals surface area contributed by atoms with Gasteiger partial charge in [0.05, 0.1) is 0 Å². The van der Waals surface area contributed by atoms with Crippen LogP contribution in [0, 0.1) is 0 Å². The molecule has 2 rings (SSSR count). The van der Waals surface area contributed by atoms with Gasteiger partial charge in [-0.2, -0.15) is 17.0 Å². The Bertz CT molecular complexity index is 389. The molecular formula is C14H28N2O3S. The highest BCUT2D eigenvalue weighted by atomic mass is 32.2. The van der Waals surface area contributed by atoms with E-state index in [9.17, 15) is 8.42 Å². The minimum absolute atomic E-state index is 0.0475. The maximum absolute atomic E-state index is 12.8. The topological polar surface area (TPSA) is 60.9 Å². The zero-order valence-electron chi connectivity index (χ0n) is 12.5. The van der Waals surface area contributed by atoms with Gasteiger partial charge in [-0.3, -0.25) is 0 Å². The molecule has 1 N–H and O–H groups in total. The van der Waals surface area contributed by atoms with Crippen molar-refractivity contribution in [1.29, 1.82) is 0 Å². The molecular weight excluding hydrogens is 276 g/mol. The predicted molar refractivity (Wildman–Crippen MR) is 79.6 cm³/mol. The second kappa shape index (κ2) is 7.20. The average molecular weight is 304 g/mol. The fraction of sp³-hybridized carbons (Fsp3) is 1.00. The minimum Gasteiger partial charge on any atom is -0.396 e. The maximum Gasteiger partial charge on any atom is 0.282 e. The van der Waals surface area contributed by atoms with Crippen LogP contribution in [0.5, 0.6) is 0 Å². The van der Waals surface area contributed by atoms with Crippen molar-refractivity contribution in [3.8, 4) is 0 Å². The summed E-state index contributed by atoms with van der Waals surface area (Å²) in [5.41, 5.74) is 0. The standard InChI is InChI=1S/C14H28N2O3S/c1-15(13-7-3-2-4-8-13)20(18,19)16(11-6-12-17)14-9-5-10-14/h13-14,17H,2-12H2,1H3. The molecule has 0 radical (unpaired) electrons. The van der Waals surface area contributed by atoms with Gasteiger partial charge in [-0.1, -0.05) is 25.7 Å². The summed E-state index contributed by atoms with van der Waals surface area (Å²) in [6, 6.07) is 0.308. The molecule has 0 saturated heterocycles. The molecule has 5 nitrogen and oxygen atoms in total. The number of aliphatic hydroxyl groups is 1. The van der Waals surface area contributed by atoms with E-state index in [0.717, 1.165) is 44.9 Å². The SMILES string of the molecule is CN(C1CCCCC1)S(=O)(=O)N(CCCO)C1CCC1. The third kappa shape index (κ3) is 3.53. The van der Waals surface area contributed by atoms with E-state index in [-0.39, 0.29) is 18.7 Å². The molecule has 0 heterocycles. The van der Waals surface area contributed by atoms with Crippen LogP contribution in [0.1, 0.15) is 57.8 Å². The molecule has 0 atom stereocenters. The predicted octanol–water partition coefficient (Wildman–Crippen LogP) is 1.73. The summed E-state index contributed by atoms with van der Waals surface area (Å²) < 4.78 is 28.9. The Kier molecular flexibility index (Phi) is 5.84. The van der Waals surface area contributed by atoms with Gasteiger partial charge in [0.25, 0.3) is 10.2 Å². The van der Waals surface area contributed by atoms with Crippen LogP contribution in [0.2, 0.25) is 0 Å². The molecule has 0 aliphatic heterocycles. The molecule has 6 heteroatoms. The van der Waals surface area contributed by atoms with Crippen LogP contribution in [0.15, 0.2) is 0 Å².